The van der Waals surface area contributed by atoms with Crippen LogP contribution in [-0.2, 0) is 0 Å². The van der Waals surface area contributed by atoms with Crippen molar-refractivity contribution in [2.75, 3.05) is 6.54 Å². The van der Waals surface area contributed by atoms with Crippen molar-refractivity contribution in [1.82, 2.24) is 5.32 Å². The first-order chi connectivity index (χ1) is 6.65. The molecule has 1 atom stereocenters. The zero-order valence-electron chi connectivity index (χ0n) is 9.01. The lowest BCUT2D eigenvalue weighted by Gasteiger charge is -2.18. The van der Waals surface area contributed by atoms with Gasteiger partial charge in [0.2, 0.25) is 0 Å². The van der Waals surface area contributed by atoms with Crippen LogP contribution in [0, 0.1) is 5.92 Å². The largest absolute Gasteiger partial charge is 0.466 e. The quantitative estimate of drug-likeness (QED) is 0.872. The molecule has 3 heteroatoms. The van der Waals surface area contributed by atoms with Gasteiger partial charge in [-0.3, -0.25) is 0 Å². The summed E-state index contributed by atoms with van der Waals surface area (Å²) in [5.74, 6) is 1.68. The first kappa shape index (κ1) is 11.8. The van der Waals surface area contributed by atoms with Crippen LogP contribution < -0.4 is 5.32 Å². The molecule has 0 fully saturated rings. The zero-order valence-corrected chi connectivity index (χ0v) is 10.6. The summed E-state index contributed by atoms with van der Waals surface area (Å²) in [5.41, 5.74) is 0. The highest BCUT2D eigenvalue weighted by Gasteiger charge is 2.17. The Morgan fingerprint density at radius 1 is 1.50 bits per heavy atom. The SMILES string of the molecule is CCNC(CC(C)C)c1occc1Br. The van der Waals surface area contributed by atoms with E-state index in [9.17, 15) is 0 Å². The third kappa shape index (κ3) is 3.14. The molecule has 80 valence electrons. The van der Waals surface area contributed by atoms with Crippen LogP contribution >= 0.6 is 15.9 Å². The summed E-state index contributed by atoms with van der Waals surface area (Å²) in [7, 11) is 0. The summed E-state index contributed by atoms with van der Waals surface area (Å²) in [6.07, 6.45) is 2.82. The molecule has 1 unspecified atom stereocenters. The van der Waals surface area contributed by atoms with Gasteiger partial charge in [-0.2, -0.15) is 0 Å². The Balaban J connectivity index is 2.72. The molecule has 1 N–H and O–H groups in total. The second-order valence-corrected chi connectivity index (χ2v) is 4.73. The topological polar surface area (TPSA) is 25.2 Å². The average molecular weight is 260 g/mol. The van der Waals surface area contributed by atoms with Gasteiger partial charge >= 0.3 is 0 Å². The lowest BCUT2D eigenvalue weighted by Crippen LogP contribution is -2.22. The van der Waals surface area contributed by atoms with E-state index in [2.05, 4.69) is 42.0 Å². The van der Waals surface area contributed by atoms with Crippen molar-refractivity contribution in [2.24, 2.45) is 5.92 Å². The Morgan fingerprint density at radius 2 is 2.21 bits per heavy atom. The fourth-order valence-corrected chi connectivity index (χ4v) is 2.03. The molecule has 0 amide bonds. The van der Waals surface area contributed by atoms with E-state index >= 15 is 0 Å². The third-order valence-electron chi connectivity index (χ3n) is 2.12. The highest BCUT2D eigenvalue weighted by molar-refractivity contribution is 9.10. The molecular formula is C11H18BrNO. The maximum Gasteiger partial charge on any atom is 0.134 e. The van der Waals surface area contributed by atoms with E-state index in [1.165, 1.54) is 0 Å². The van der Waals surface area contributed by atoms with Gasteiger partial charge in [-0.05, 0) is 40.9 Å². The van der Waals surface area contributed by atoms with Crippen LogP contribution in [0.1, 0.15) is 39.0 Å². The molecule has 14 heavy (non-hydrogen) atoms. The molecule has 1 aromatic heterocycles. The van der Waals surface area contributed by atoms with Crippen molar-refractivity contribution in [3.63, 3.8) is 0 Å². The number of halogens is 1. The van der Waals surface area contributed by atoms with E-state index in [1.54, 1.807) is 6.26 Å². The van der Waals surface area contributed by atoms with Crippen LogP contribution in [0.25, 0.3) is 0 Å². The maximum atomic E-state index is 5.47. The van der Waals surface area contributed by atoms with Gasteiger partial charge in [0, 0.05) is 0 Å². The Bertz CT molecular complexity index is 270. The van der Waals surface area contributed by atoms with Crippen molar-refractivity contribution >= 4 is 15.9 Å². The molecule has 1 rings (SSSR count). The van der Waals surface area contributed by atoms with Crippen LogP contribution in [-0.4, -0.2) is 6.54 Å². The van der Waals surface area contributed by atoms with Gasteiger partial charge in [-0.15, -0.1) is 0 Å². The van der Waals surface area contributed by atoms with Gasteiger partial charge < -0.3 is 9.73 Å². The molecule has 0 aromatic carbocycles. The van der Waals surface area contributed by atoms with Gasteiger partial charge in [0.15, 0.2) is 0 Å². The monoisotopic (exact) mass is 259 g/mol. The average Bonchev–Trinajstić information content (AvgIpc) is 2.50. The lowest BCUT2D eigenvalue weighted by atomic mass is 10.0. The van der Waals surface area contributed by atoms with Crippen molar-refractivity contribution in [3.8, 4) is 0 Å². The highest BCUT2D eigenvalue weighted by atomic mass is 79.9. The minimum atomic E-state index is 0.323. The van der Waals surface area contributed by atoms with Gasteiger partial charge in [-0.1, -0.05) is 20.8 Å². The molecule has 0 aliphatic carbocycles. The molecule has 0 aliphatic rings. The molecule has 1 heterocycles. The smallest absolute Gasteiger partial charge is 0.134 e. The summed E-state index contributed by atoms with van der Waals surface area (Å²) in [5, 5.41) is 3.43. The lowest BCUT2D eigenvalue weighted by molar-refractivity contribution is 0.364. The predicted molar refractivity (Wildman–Crippen MR) is 62.3 cm³/mol. The van der Waals surface area contributed by atoms with Crippen molar-refractivity contribution in [1.29, 1.82) is 0 Å². The normalized spacial score (nSPS) is 13.5. The summed E-state index contributed by atoms with van der Waals surface area (Å²) in [4.78, 5) is 0. The summed E-state index contributed by atoms with van der Waals surface area (Å²) in [6.45, 7) is 7.52. The number of hydrogen-bond acceptors (Lipinski definition) is 2. The van der Waals surface area contributed by atoms with E-state index < -0.39 is 0 Å². The van der Waals surface area contributed by atoms with Gasteiger partial charge in [-0.25, -0.2) is 0 Å². The molecule has 0 bridgehead atoms. The van der Waals surface area contributed by atoms with Gasteiger partial charge in [0.25, 0.3) is 0 Å². The molecular weight excluding hydrogens is 242 g/mol. The zero-order chi connectivity index (χ0) is 10.6. The Morgan fingerprint density at radius 3 is 2.64 bits per heavy atom. The second kappa shape index (κ2) is 5.56. The molecule has 0 aliphatic heterocycles. The molecule has 0 radical (unpaired) electrons. The van der Waals surface area contributed by atoms with Gasteiger partial charge in [0.1, 0.15) is 5.76 Å². The predicted octanol–water partition coefficient (Wildman–Crippen LogP) is 3.74. The summed E-state index contributed by atoms with van der Waals surface area (Å²) >= 11 is 3.49. The highest BCUT2D eigenvalue weighted by Crippen LogP contribution is 2.28. The minimum absolute atomic E-state index is 0.323. The number of nitrogens with one attached hydrogen (secondary N) is 1. The van der Waals surface area contributed by atoms with Crippen LogP contribution in [0.5, 0.6) is 0 Å². The Hall–Kier alpha value is -0.280. The molecule has 0 spiro atoms. The minimum Gasteiger partial charge on any atom is -0.466 e. The molecule has 1 aromatic rings. The fourth-order valence-electron chi connectivity index (χ4n) is 1.55. The Kier molecular flexibility index (Phi) is 4.69. The van der Waals surface area contributed by atoms with Crippen molar-refractivity contribution < 1.29 is 4.42 Å². The van der Waals surface area contributed by atoms with E-state index in [4.69, 9.17) is 4.42 Å². The fraction of sp³-hybridized carbons (Fsp3) is 0.636. The molecule has 0 saturated heterocycles. The summed E-state index contributed by atoms with van der Waals surface area (Å²) < 4.78 is 6.53. The van der Waals surface area contributed by atoms with Crippen molar-refractivity contribution in [2.45, 2.75) is 33.2 Å². The van der Waals surface area contributed by atoms with Crippen LogP contribution in [0.4, 0.5) is 0 Å². The second-order valence-electron chi connectivity index (χ2n) is 3.87. The first-order valence-corrected chi connectivity index (χ1v) is 5.90. The van der Waals surface area contributed by atoms with Gasteiger partial charge in [0.05, 0.1) is 16.8 Å². The van der Waals surface area contributed by atoms with E-state index in [0.717, 1.165) is 23.2 Å². The van der Waals surface area contributed by atoms with E-state index in [-0.39, 0.29) is 0 Å². The summed E-state index contributed by atoms with van der Waals surface area (Å²) in [6, 6.07) is 2.27. The van der Waals surface area contributed by atoms with Crippen molar-refractivity contribution in [3.05, 3.63) is 22.6 Å². The van der Waals surface area contributed by atoms with Crippen LogP contribution in [0.15, 0.2) is 21.2 Å². The van der Waals surface area contributed by atoms with E-state index in [0.29, 0.717) is 12.0 Å². The molecule has 0 saturated carbocycles. The van der Waals surface area contributed by atoms with Crippen LogP contribution in [0.2, 0.25) is 0 Å². The maximum absolute atomic E-state index is 5.47. The van der Waals surface area contributed by atoms with E-state index in [1.807, 2.05) is 6.07 Å². The first-order valence-electron chi connectivity index (χ1n) is 5.11. The number of furan rings is 1. The number of hydrogen-bond donors (Lipinski definition) is 1. The number of rotatable bonds is 5. The Labute approximate surface area is 94.2 Å². The standard InChI is InChI=1S/C11H18BrNO/c1-4-13-10(7-8(2)3)11-9(12)5-6-14-11/h5-6,8,10,13H,4,7H2,1-3H3. The molecule has 2 nitrogen and oxygen atoms in total. The third-order valence-corrected chi connectivity index (χ3v) is 2.77. The van der Waals surface area contributed by atoms with Crippen LogP contribution in [0.3, 0.4) is 0 Å².